The van der Waals surface area contributed by atoms with Crippen molar-refractivity contribution in [3.8, 4) is 0 Å². The van der Waals surface area contributed by atoms with Crippen LogP contribution in [0.4, 0.5) is 5.69 Å². The molecule has 1 unspecified atom stereocenters. The Morgan fingerprint density at radius 3 is 2.58 bits per heavy atom. The smallest absolute Gasteiger partial charge is 0.247 e. The minimum Gasteiger partial charge on any atom is -0.323 e. The molecule has 5 nitrogen and oxygen atoms in total. The second-order valence-corrected chi connectivity index (χ2v) is 5.52. The Balaban J connectivity index is 2.67. The Hall–Kier alpha value is -1.50. The molecule has 0 heterocycles. The van der Waals surface area contributed by atoms with E-state index in [4.69, 9.17) is 0 Å². The van der Waals surface area contributed by atoms with E-state index in [0.717, 1.165) is 6.54 Å². The Kier molecular flexibility index (Phi) is 6.41. The third kappa shape index (κ3) is 4.94. The van der Waals surface area contributed by atoms with E-state index >= 15 is 0 Å². The molecule has 0 radical (unpaired) electrons. The Labute approximate surface area is 116 Å². The van der Waals surface area contributed by atoms with Crippen molar-refractivity contribution < 1.29 is 9.00 Å². The number of benzene rings is 1. The van der Waals surface area contributed by atoms with Crippen molar-refractivity contribution >= 4 is 22.6 Å². The topological polar surface area (TPSA) is 61.4 Å². The van der Waals surface area contributed by atoms with Crippen LogP contribution >= 0.6 is 0 Å². The van der Waals surface area contributed by atoms with E-state index in [0.29, 0.717) is 17.1 Å². The number of rotatable bonds is 7. The lowest BCUT2D eigenvalue weighted by molar-refractivity contribution is -0.111. The first kappa shape index (κ1) is 15.6. The fraction of sp³-hybridized carbons (Fsp3) is 0.308. The molecule has 1 amide bonds. The molecule has 0 fully saturated rings. The maximum Gasteiger partial charge on any atom is 0.247 e. The van der Waals surface area contributed by atoms with Crippen LogP contribution in [-0.2, 0) is 15.8 Å². The van der Waals surface area contributed by atoms with Crippen molar-refractivity contribution in [1.82, 2.24) is 9.62 Å². The monoisotopic (exact) mass is 281 g/mol. The Morgan fingerprint density at radius 1 is 1.42 bits per heavy atom. The predicted molar refractivity (Wildman–Crippen MR) is 78.2 cm³/mol. The highest BCUT2D eigenvalue weighted by Gasteiger charge is 2.10. The number of nitrogens with one attached hydrogen (secondary N) is 2. The largest absolute Gasteiger partial charge is 0.323 e. The van der Waals surface area contributed by atoms with Gasteiger partial charge in [-0.25, -0.2) is 8.51 Å². The van der Waals surface area contributed by atoms with Crippen LogP contribution in [-0.4, -0.2) is 41.6 Å². The number of hydrogen-bond acceptors (Lipinski definition) is 3. The number of amides is 1. The van der Waals surface area contributed by atoms with E-state index in [9.17, 15) is 9.00 Å². The maximum atomic E-state index is 12.1. The summed E-state index contributed by atoms with van der Waals surface area (Å²) in [4.78, 5) is 11.8. The molecule has 0 aliphatic rings. The summed E-state index contributed by atoms with van der Waals surface area (Å²) in [7, 11) is 2.47. The number of carbonyl (C=O) groups is 1. The predicted octanol–water partition coefficient (Wildman–Crippen LogP) is 0.985. The fourth-order valence-corrected chi connectivity index (χ4v) is 2.37. The highest BCUT2D eigenvalue weighted by molar-refractivity contribution is 7.82. The fourth-order valence-electron chi connectivity index (χ4n) is 1.38. The number of carbonyl (C=O) groups excluding carboxylic acids is 1. The zero-order chi connectivity index (χ0) is 14.3. The molecule has 2 N–H and O–H groups in total. The van der Waals surface area contributed by atoms with Crippen LogP contribution in [0.25, 0.3) is 0 Å². The molecule has 0 aromatic heterocycles. The molecule has 0 saturated heterocycles. The van der Waals surface area contributed by atoms with Gasteiger partial charge in [0.2, 0.25) is 5.91 Å². The van der Waals surface area contributed by atoms with Crippen molar-refractivity contribution in [3.63, 3.8) is 0 Å². The molecule has 0 spiro atoms. The van der Waals surface area contributed by atoms with E-state index < -0.39 is 11.0 Å². The zero-order valence-corrected chi connectivity index (χ0v) is 12.0. The van der Waals surface area contributed by atoms with E-state index in [1.165, 1.54) is 6.08 Å². The van der Waals surface area contributed by atoms with Gasteiger partial charge in [-0.2, -0.15) is 0 Å². The summed E-state index contributed by atoms with van der Waals surface area (Å²) in [5.74, 6) is -0.264. The Bertz CT molecular complexity index is 459. The number of nitrogens with zero attached hydrogens (tertiary/aromatic N) is 1. The average Bonchev–Trinajstić information content (AvgIpc) is 2.44. The second-order valence-electron chi connectivity index (χ2n) is 3.92. The van der Waals surface area contributed by atoms with Gasteiger partial charge in [0.15, 0.2) is 0 Å². The standard InChI is InChI=1S/C13H19N3O2S/c1-4-13(17)15-11-5-7-12(8-6-11)19(18)16(3)10-9-14-2/h4-8,14H,1,9-10H2,2-3H3,(H,15,17). The highest BCUT2D eigenvalue weighted by atomic mass is 32.2. The molecule has 0 aliphatic heterocycles. The van der Waals surface area contributed by atoms with Crippen LogP contribution in [0.5, 0.6) is 0 Å². The van der Waals surface area contributed by atoms with E-state index in [1.54, 1.807) is 35.6 Å². The quantitative estimate of drug-likeness (QED) is 0.733. The lowest BCUT2D eigenvalue weighted by atomic mass is 10.3. The number of anilines is 1. The summed E-state index contributed by atoms with van der Waals surface area (Å²) in [6.07, 6.45) is 1.21. The van der Waals surface area contributed by atoms with Crippen LogP contribution < -0.4 is 10.6 Å². The zero-order valence-electron chi connectivity index (χ0n) is 11.2. The normalized spacial score (nSPS) is 12.2. The molecule has 0 saturated carbocycles. The first-order chi connectivity index (χ1) is 9.08. The van der Waals surface area contributed by atoms with Crippen LogP contribution in [0, 0.1) is 0 Å². The SMILES string of the molecule is C=CC(=O)Nc1ccc(S(=O)N(C)CCNC)cc1. The molecule has 1 aromatic carbocycles. The van der Waals surface area contributed by atoms with E-state index in [-0.39, 0.29) is 5.91 Å². The molecular formula is C13H19N3O2S. The maximum absolute atomic E-state index is 12.1. The van der Waals surface area contributed by atoms with Crippen LogP contribution in [0.1, 0.15) is 0 Å². The van der Waals surface area contributed by atoms with Gasteiger partial charge in [0.1, 0.15) is 11.0 Å². The summed E-state index contributed by atoms with van der Waals surface area (Å²) < 4.78 is 13.9. The minimum absolute atomic E-state index is 0.264. The first-order valence-electron chi connectivity index (χ1n) is 5.89. The van der Waals surface area contributed by atoms with Gasteiger partial charge in [0.25, 0.3) is 0 Å². The summed E-state index contributed by atoms with van der Waals surface area (Å²) >= 11 is 0. The van der Waals surface area contributed by atoms with Crippen molar-refractivity contribution in [1.29, 1.82) is 0 Å². The molecule has 104 valence electrons. The van der Waals surface area contributed by atoms with Gasteiger partial charge in [-0.05, 0) is 37.4 Å². The van der Waals surface area contributed by atoms with Crippen LogP contribution in [0.15, 0.2) is 41.8 Å². The van der Waals surface area contributed by atoms with Crippen molar-refractivity contribution in [2.75, 3.05) is 32.5 Å². The molecule has 1 rings (SSSR count). The lowest BCUT2D eigenvalue weighted by Gasteiger charge is -2.15. The van der Waals surface area contributed by atoms with Gasteiger partial charge in [-0.1, -0.05) is 6.58 Å². The van der Waals surface area contributed by atoms with Crippen molar-refractivity contribution in [2.24, 2.45) is 0 Å². The molecular weight excluding hydrogens is 262 g/mol. The van der Waals surface area contributed by atoms with Gasteiger partial charge < -0.3 is 10.6 Å². The average molecular weight is 281 g/mol. The molecule has 6 heteroatoms. The van der Waals surface area contributed by atoms with Gasteiger partial charge >= 0.3 is 0 Å². The van der Waals surface area contributed by atoms with Gasteiger partial charge in [0.05, 0.1) is 4.90 Å². The minimum atomic E-state index is -1.19. The molecule has 0 bridgehead atoms. The summed E-state index contributed by atoms with van der Waals surface area (Å²) in [6.45, 7) is 4.85. The van der Waals surface area contributed by atoms with Crippen LogP contribution in [0.3, 0.4) is 0 Å². The molecule has 1 aromatic rings. The Morgan fingerprint density at radius 2 is 2.05 bits per heavy atom. The summed E-state index contributed by atoms with van der Waals surface area (Å²) in [5, 5.41) is 5.65. The van der Waals surface area contributed by atoms with Gasteiger partial charge in [0, 0.05) is 25.8 Å². The first-order valence-corrected chi connectivity index (χ1v) is 7.00. The van der Waals surface area contributed by atoms with Gasteiger partial charge in [-0.3, -0.25) is 4.79 Å². The molecule has 19 heavy (non-hydrogen) atoms. The molecule has 1 atom stereocenters. The van der Waals surface area contributed by atoms with Gasteiger partial charge in [-0.15, -0.1) is 0 Å². The third-order valence-corrected chi connectivity index (χ3v) is 3.89. The van der Waals surface area contributed by atoms with Crippen molar-refractivity contribution in [3.05, 3.63) is 36.9 Å². The second kappa shape index (κ2) is 7.83. The third-order valence-electron chi connectivity index (χ3n) is 2.47. The van der Waals surface area contributed by atoms with Crippen LogP contribution in [0.2, 0.25) is 0 Å². The lowest BCUT2D eigenvalue weighted by Crippen LogP contribution is -2.29. The van der Waals surface area contributed by atoms with Crippen molar-refractivity contribution in [2.45, 2.75) is 4.90 Å². The summed E-state index contributed by atoms with van der Waals surface area (Å²) in [6, 6.07) is 6.93. The number of likely N-dealkylation sites (N-methyl/N-ethyl adjacent to an activating group) is 2. The summed E-state index contributed by atoms with van der Waals surface area (Å²) in [5.41, 5.74) is 0.656. The number of hydrogen-bond donors (Lipinski definition) is 2. The van der Waals surface area contributed by atoms with E-state index in [1.807, 2.05) is 7.05 Å². The highest BCUT2D eigenvalue weighted by Crippen LogP contribution is 2.14. The van der Waals surface area contributed by atoms with E-state index in [2.05, 4.69) is 17.2 Å². The molecule has 0 aliphatic carbocycles.